The lowest BCUT2D eigenvalue weighted by Gasteiger charge is -2.00. The van der Waals surface area contributed by atoms with E-state index in [2.05, 4.69) is 46.8 Å². The summed E-state index contributed by atoms with van der Waals surface area (Å²) in [6, 6.07) is 8.23. The van der Waals surface area contributed by atoms with Crippen molar-refractivity contribution in [3.05, 3.63) is 34.7 Å². The molecule has 0 saturated heterocycles. The van der Waals surface area contributed by atoms with Gasteiger partial charge in [-0.3, -0.25) is 4.79 Å². The largest absolute Gasteiger partial charge is 0.311 e. The number of amides is 1. The van der Waals surface area contributed by atoms with Gasteiger partial charge in [-0.25, -0.2) is 4.98 Å². The van der Waals surface area contributed by atoms with Crippen LogP contribution in [0.1, 0.15) is 10.4 Å². The van der Waals surface area contributed by atoms with Crippen LogP contribution in [0.4, 0.5) is 5.13 Å². The van der Waals surface area contributed by atoms with Crippen molar-refractivity contribution in [3.63, 3.8) is 0 Å². The van der Waals surface area contributed by atoms with Crippen LogP contribution < -0.4 is 10.6 Å². The van der Waals surface area contributed by atoms with Crippen LogP contribution in [0.2, 0.25) is 0 Å². The zero-order valence-electron chi connectivity index (χ0n) is 11.7. The monoisotopic (exact) mass is 311 g/mol. The fourth-order valence-electron chi connectivity index (χ4n) is 1.75. The van der Waals surface area contributed by atoms with Crippen LogP contribution in [0, 0.1) is 13.8 Å². The minimum atomic E-state index is -0.0771. The van der Waals surface area contributed by atoms with E-state index in [1.165, 1.54) is 16.9 Å². The van der Waals surface area contributed by atoms with Gasteiger partial charge in [-0.15, -0.1) is 23.7 Å². The van der Waals surface area contributed by atoms with Gasteiger partial charge in [0, 0.05) is 10.4 Å². The van der Waals surface area contributed by atoms with E-state index in [4.69, 9.17) is 0 Å². The van der Waals surface area contributed by atoms with Gasteiger partial charge in [-0.05, 0) is 20.9 Å². The third-order valence-electron chi connectivity index (χ3n) is 2.71. The molecule has 0 fully saturated rings. The zero-order valence-corrected chi connectivity index (χ0v) is 13.3. The molecule has 1 amide bonds. The summed E-state index contributed by atoms with van der Waals surface area (Å²) in [6.07, 6.45) is 0. The molecule has 0 unspecified atom stereocenters. The molecular weight excluding hydrogens is 294 g/mol. The Kier molecular flexibility index (Phi) is 6.13. The fourth-order valence-corrected chi connectivity index (χ4v) is 2.61. The molecule has 0 aliphatic carbocycles. The Bertz CT molecular complexity index is 581. The average Bonchev–Trinajstić information content (AvgIpc) is 2.71. The number of likely N-dealkylation sites (N-methyl/N-ethyl adjacent to an activating group) is 1. The van der Waals surface area contributed by atoms with Gasteiger partial charge in [0.1, 0.15) is 0 Å². The number of thiazole rings is 1. The molecule has 4 nitrogen and oxygen atoms in total. The second kappa shape index (κ2) is 7.38. The summed E-state index contributed by atoms with van der Waals surface area (Å²) < 4.78 is 0. The summed E-state index contributed by atoms with van der Waals surface area (Å²) in [5.74, 6) is -0.0771. The van der Waals surface area contributed by atoms with Gasteiger partial charge < -0.3 is 10.6 Å². The second-order valence-electron chi connectivity index (χ2n) is 4.37. The molecule has 0 saturated carbocycles. The van der Waals surface area contributed by atoms with Gasteiger partial charge in [0.05, 0.1) is 12.2 Å². The molecule has 2 aromatic rings. The first-order valence-electron chi connectivity index (χ1n) is 6.09. The average molecular weight is 312 g/mol. The van der Waals surface area contributed by atoms with Crippen LogP contribution in [0.5, 0.6) is 0 Å². The number of carbonyl (C=O) groups is 1. The van der Waals surface area contributed by atoms with E-state index in [1.807, 2.05) is 6.92 Å². The molecule has 0 spiro atoms. The van der Waals surface area contributed by atoms with Crippen molar-refractivity contribution in [1.29, 1.82) is 0 Å². The van der Waals surface area contributed by atoms with Crippen LogP contribution in [0.15, 0.2) is 24.3 Å². The molecule has 20 heavy (non-hydrogen) atoms. The molecule has 0 aliphatic heterocycles. The number of benzene rings is 1. The van der Waals surface area contributed by atoms with E-state index in [0.29, 0.717) is 11.7 Å². The zero-order chi connectivity index (χ0) is 13.8. The van der Waals surface area contributed by atoms with Gasteiger partial charge >= 0.3 is 0 Å². The molecule has 0 radical (unpaired) electrons. The summed E-state index contributed by atoms with van der Waals surface area (Å²) in [5.41, 5.74) is 3.23. The van der Waals surface area contributed by atoms with E-state index in [9.17, 15) is 4.79 Å². The molecule has 2 N–H and O–H groups in total. The highest BCUT2D eigenvalue weighted by Gasteiger charge is 2.11. The number of nitrogens with zero attached hydrogens (tertiary/aromatic N) is 1. The van der Waals surface area contributed by atoms with Gasteiger partial charge in [-0.1, -0.05) is 29.8 Å². The van der Waals surface area contributed by atoms with Crippen LogP contribution in [0.25, 0.3) is 11.3 Å². The molecule has 1 aromatic heterocycles. The number of carbonyl (C=O) groups excluding carboxylic acids is 1. The van der Waals surface area contributed by atoms with E-state index >= 15 is 0 Å². The summed E-state index contributed by atoms with van der Waals surface area (Å²) in [4.78, 5) is 17.1. The predicted octanol–water partition coefficient (Wildman–Crippen LogP) is 3.01. The predicted molar refractivity (Wildman–Crippen MR) is 86.8 cm³/mol. The van der Waals surface area contributed by atoms with Crippen molar-refractivity contribution < 1.29 is 4.79 Å². The molecule has 0 bridgehead atoms. The van der Waals surface area contributed by atoms with Crippen LogP contribution in [-0.2, 0) is 4.79 Å². The van der Waals surface area contributed by atoms with E-state index in [0.717, 1.165) is 16.1 Å². The van der Waals surface area contributed by atoms with Crippen LogP contribution in [0.3, 0.4) is 0 Å². The maximum atomic E-state index is 11.5. The van der Waals surface area contributed by atoms with E-state index < -0.39 is 0 Å². The van der Waals surface area contributed by atoms with Crippen molar-refractivity contribution in [2.45, 2.75) is 13.8 Å². The Morgan fingerprint density at radius 3 is 2.50 bits per heavy atom. The smallest absolute Gasteiger partial charge is 0.240 e. The number of rotatable bonds is 4. The Morgan fingerprint density at radius 1 is 1.25 bits per heavy atom. The summed E-state index contributed by atoms with van der Waals surface area (Å²) in [7, 11) is 1.74. The fraction of sp³-hybridized carbons (Fsp3) is 0.286. The molecule has 2 rings (SSSR count). The van der Waals surface area contributed by atoms with Crippen molar-refractivity contribution in [2.24, 2.45) is 0 Å². The Balaban J connectivity index is 0.00000200. The maximum Gasteiger partial charge on any atom is 0.240 e. The minimum Gasteiger partial charge on any atom is -0.311 e. The Hall–Kier alpha value is -1.43. The highest BCUT2D eigenvalue weighted by atomic mass is 35.5. The highest BCUT2D eigenvalue weighted by molar-refractivity contribution is 7.16. The van der Waals surface area contributed by atoms with Gasteiger partial charge in [0.25, 0.3) is 0 Å². The van der Waals surface area contributed by atoms with Crippen LogP contribution in [-0.4, -0.2) is 24.5 Å². The maximum absolute atomic E-state index is 11.5. The van der Waals surface area contributed by atoms with Gasteiger partial charge in [0.15, 0.2) is 5.13 Å². The van der Waals surface area contributed by atoms with Gasteiger partial charge in [0.2, 0.25) is 5.91 Å². The van der Waals surface area contributed by atoms with Crippen molar-refractivity contribution in [3.8, 4) is 11.3 Å². The standard InChI is InChI=1S/C14H17N3OS.ClH/c1-9-4-6-11(7-5-9)13-10(2)19-14(17-13)16-12(18)8-15-3;/h4-7,15H,8H2,1-3H3,(H,16,17,18);1H. The number of aryl methyl sites for hydroxylation is 2. The third-order valence-corrected chi connectivity index (χ3v) is 3.59. The lowest BCUT2D eigenvalue weighted by atomic mass is 10.1. The molecule has 1 heterocycles. The number of hydrogen-bond donors (Lipinski definition) is 2. The van der Waals surface area contributed by atoms with Crippen molar-refractivity contribution >= 4 is 34.8 Å². The molecule has 6 heteroatoms. The first kappa shape index (κ1) is 16.6. The SMILES string of the molecule is CNCC(=O)Nc1nc(-c2ccc(C)cc2)c(C)s1.Cl. The number of halogens is 1. The Morgan fingerprint density at radius 2 is 1.90 bits per heavy atom. The lowest BCUT2D eigenvalue weighted by Crippen LogP contribution is -2.24. The van der Waals surface area contributed by atoms with Crippen LogP contribution >= 0.6 is 23.7 Å². The number of aromatic nitrogens is 1. The number of anilines is 1. The number of hydrogen-bond acceptors (Lipinski definition) is 4. The molecule has 1 aromatic carbocycles. The minimum absolute atomic E-state index is 0. The van der Waals surface area contributed by atoms with E-state index in [-0.39, 0.29) is 18.3 Å². The molecule has 108 valence electrons. The first-order chi connectivity index (χ1) is 9.10. The third kappa shape index (κ3) is 4.03. The Labute approximate surface area is 129 Å². The topological polar surface area (TPSA) is 54.0 Å². The normalized spacial score (nSPS) is 9.95. The second-order valence-corrected chi connectivity index (χ2v) is 5.57. The van der Waals surface area contributed by atoms with Crippen molar-refractivity contribution in [2.75, 3.05) is 18.9 Å². The summed E-state index contributed by atoms with van der Waals surface area (Å²) in [6.45, 7) is 4.36. The van der Waals surface area contributed by atoms with Gasteiger partial charge in [-0.2, -0.15) is 0 Å². The van der Waals surface area contributed by atoms with Crippen molar-refractivity contribution in [1.82, 2.24) is 10.3 Å². The molecule has 0 aliphatic rings. The quantitative estimate of drug-likeness (QED) is 0.912. The number of nitrogens with one attached hydrogen (secondary N) is 2. The highest BCUT2D eigenvalue weighted by Crippen LogP contribution is 2.30. The van der Waals surface area contributed by atoms with E-state index in [1.54, 1.807) is 7.05 Å². The molecular formula is C14H18ClN3OS. The molecule has 0 atom stereocenters. The summed E-state index contributed by atoms with van der Waals surface area (Å²) in [5, 5.41) is 6.25. The lowest BCUT2D eigenvalue weighted by molar-refractivity contribution is -0.115. The summed E-state index contributed by atoms with van der Waals surface area (Å²) >= 11 is 1.50. The first-order valence-corrected chi connectivity index (χ1v) is 6.90.